The van der Waals surface area contributed by atoms with Crippen LogP contribution in [0.15, 0.2) is 0 Å². The minimum Gasteiger partial charge on any atom is -0.481 e. The van der Waals surface area contributed by atoms with Gasteiger partial charge in [0.05, 0.1) is 12.1 Å². The molecule has 0 aromatic carbocycles. The van der Waals surface area contributed by atoms with Gasteiger partial charge in [0.25, 0.3) is 0 Å². The Morgan fingerprint density at radius 1 is 0.717 bits per heavy atom. The van der Waals surface area contributed by atoms with Crippen molar-refractivity contribution in [3.05, 3.63) is 0 Å². The van der Waals surface area contributed by atoms with Gasteiger partial charge in [-0.1, -0.05) is 66.7 Å². The summed E-state index contributed by atoms with van der Waals surface area (Å²) in [5.74, 6) is -4.49. The van der Waals surface area contributed by atoms with Gasteiger partial charge in [-0.2, -0.15) is 11.8 Å². The Labute approximate surface area is 319 Å². The summed E-state index contributed by atoms with van der Waals surface area (Å²) in [6.07, 6.45) is 5.96. The first-order valence-electron chi connectivity index (χ1n) is 19.1. The lowest BCUT2D eigenvalue weighted by Gasteiger charge is -2.31. The SMILES string of the molecule is CCCCCCC(NC(=O)C(CCCCN)NC(=O)C(NC(=O)C(N)CCC(=O)O)C(C)CC)C(=O)NC(CC(C)C)C(O)NC(CCSC)C(=O)O. The van der Waals surface area contributed by atoms with Gasteiger partial charge in [-0.3, -0.25) is 34.1 Å². The first-order valence-corrected chi connectivity index (χ1v) is 20.5. The molecule has 4 amide bonds. The van der Waals surface area contributed by atoms with Crippen molar-refractivity contribution in [1.29, 1.82) is 0 Å². The summed E-state index contributed by atoms with van der Waals surface area (Å²) in [6, 6.07) is -6.24. The van der Waals surface area contributed by atoms with E-state index in [1.165, 1.54) is 11.8 Å². The van der Waals surface area contributed by atoms with Gasteiger partial charge in [-0.15, -0.1) is 0 Å². The average molecular weight is 776 g/mol. The number of hydrogen-bond acceptors (Lipinski definition) is 11. The molecule has 0 rings (SSSR count). The predicted molar refractivity (Wildman–Crippen MR) is 207 cm³/mol. The molecule has 0 bridgehead atoms. The lowest BCUT2D eigenvalue weighted by Crippen LogP contribution is -2.60. The van der Waals surface area contributed by atoms with Crippen molar-refractivity contribution in [3.63, 3.8) is 0 Å². The molecule has 0 heterocycles. The lowest BCUT2D eigenvalue weighted by molar-refractivity contribution is -0.141. The second-order valence-corrected chi connectivity index (χ2v) is 15.2. The second-order valence-electron chi connectivity index (χ2n) is 14.2. The van der Waals surface area contributed by atoms with E-state index in [1.807, 2.05) is 34.0 Å². The van der Waals surface area contributed by atoms with Crippen LogP contribution in [0.5, 0.6) is 0 Å². The van der Waals surface area contributed by atoms with Gasteiger partial charge in [0.2, 0.25) is 23.6 Å². The minimum atomic E-state index is -1.38. The summed E-state index contributed by atoms with van der Waals surface area (Å²) in [4.78, 5) is 77.1. The van der Waals surface area contributed by atoms with Crippen LogP contribution < -0.4 is 38.1 Å². The number of thioether (sulfide) groups is 1. The van der Waals surface area contributed by atoms with E-state index in [0.717, 1.165) is 19.3 Å². The molecule has 0 aromatic rings. The molecule has 308 valence electrons. The maximum absolute atomic E-state index is 13.9. The number of aliphatic hydroxyl groups excluding tert-OH is 1. The van der Waals surface area contributed by atoms with Crippen molar-refractivity contribution >= 4 is 47.3 Å². The molecule has 53 heavy (non-hydrogen) atoms. The fraction of sp³-hybridized carbons (Fsp3) is 0.833. The van der Waals surface area contributed by atoms with Gasteiger partial charge in [0, 0.05) is 6.42 Å². The Kier molecular flexibility index (Phi) is 26.8. The highest BCUT2D eigenvalue weighted by Gasteiger charge is 2.34. The maximum atomic E-state index is 13.9. The van der Waals surface area contributed by atoms with Gasteiger partial charge < -0.3 is 48.1 Å². The molecule has 0 saturated heterocycles. The van der Waals surface area contributed by atoms with Crippen LogP contribution in [0.25, 0.3) is 0 Å². The third-order valence-electron chi connectivity index (χ3n) is 9.07. The Morgan fingerprint density at radius 2 is 1.30 bits per heavy atom. The lowest BCUT2D eigenvalue weighted by atomic mass is 9.96. The van der Waals surface area contributed by atoms with E-state index in [9.17, 15) is 39.0 Å². The smallest absolute Gasteiger partial charge is 0.320 e. The highest BCUT2D eigenvalue weighted by molar-refractivity contribution is 7.98. The fourth-order valence-corrected chi connectivity index (χ4v) is 6.08. The number of carboxylic acids is 2. The summed E-state index contributed by atoms with van der Waals surface area (Å²) < 4.78 is 0. The normalized spacial score (nSPS) is 16.0. The van der Waals surface area contributed by atoms with Crippen LogP contribution in [0.1, 0.15) is 118 Å². The van der Waals surface area contributed by atoms with Crippen molar-refractivity contribution in [2.75, 3.05) is 18.6 Å². The van der Waals surface area contributed by atoms with Gasteiger partial charge in [0.15, 0.2) is 0 Å². The summed E-state index contributed by atoms with van der Waals surface area (Å²) in [5, 5.41) is 43.6. The number of carbonyl (C=O) groups is 6. The number of hydrogen-bond donors (Lipinski definition) is 10. The molecular weight excluding hydrogens is 707 g/mol. The molecule has 0 aliphatic carbocycles. The third-order valence-corrected chi connectivity index (χ3v) is 9.72. The molecule has 0 aliphatic rings. The first kappa shape index (κ1) is 50.0. The zero-order valence-corrected chi connectivity index (χ0v) is 33.5. The summed E-state index contributed by atoms with van der Waals surface area (Å²) in [6.45, 7) is 9.81. The summed E-state index contributed by atoms with van der Waals surface area (Å²) >= 11 is 1.48. The average Bonchev–Trinajstić information content (AvgIpc) is 3.10. The molecule has 0 radical (unpaired) electrons. The molecule has 16 nitrogen and oxygen atoms in total. The standard InChI is InChI=1S/C36H69N7O9S/c1-7-9-10-11-14-25(33(48)42-28(21-22(3)4)34(49)41-27(36(51)52)18-20-53-6)39-32(47)26(15-12-13-19-37)40-35(50)30(23(5)8-2)43-31(46)24(38)16-17-29(44)45/h22-28,30,34,41,49H,7-21,37-38H2,1-6H3,(H,39,47)(H,40,50)(H,42,48)(H,43,46)(H,44,45)(H,51,52). The number of carboxylic acid groups (broad SMARTS) is 2. The molecule has 12 N–H and O–H groups in total. The summed E-state index contributed by atoms with van der Waals surface area (Å²) in [7, 11) is 0. The van der Waals surface area contributed by atoms with Crippen LogP contribution in [0, 0.1) is 11.8 Å². The van der Waals surface area contributed by atoms with Crippen molar-refractivity contribution < 1.29 is 44.1 Å². The van der Waals surface area contributed by atoms with Crippen LogP contribution in [0.2, 0.25) is 0 Å². The molecule has 0 aliphatic heterocycles. The van der Waals surface area contributed by atoms with Crippen LogP contribution in [0.4, 0.5) is 0 Å². The third kappa shape index (κ3) is 21.5. The van der Waals surface area contributed by atoms with Crippen LogP contribution >= 0.6 is 11.8 Å². The Bertz CT molecular complexity index is 1120. The monoisotopic (exact) mass is 775 g/mol. The van der Waals surface area contributed by atoms with Gasteiger partial charge in [0.1, 0.15) is 30.4 Å². The van der Waals surface area contributed by atoms with Gasteiger partial charge >= 0.3 is 11.9 Å². The fourth-order valence-electron chi connectivity index (χ4n) is 5.61. The minimum absolute atomic E-state index is 0.0247. The maximum Gasteiger partial charge on any atom is 0.320 e. The number of carbonyl (C=O) groups excluding carboxylic acids is 4. The van der Waals surface area contributed by atoms with Crippen molar-refractivity contribution in [3.8, 4) is 0 Å². The number of aliphatic hydroxyl groups is 1. The Hall–Kier alpha value is -2.99. The zero-order chi connectivity index (χ0) is 40.5. The van der Waals surface area contributed by atoms with E-state index in [0.29, 0.717) is 44.4 Å². The van der Waals surface area contributed by atoms with Crippen LogP contribution in [0.3, 0.4) is 0 Å². The van der Waals surface area contributed by atoms with Crippen molar-refractivity contribution in [1.82, 2.24) is 26.6 Å². The number of rotatable bonds is 31. The molecule has 17 heteroatoms. The van der Waals surface area contributed by atoms with E-state index >= 15 is 0 Å². The van der Waals surface area contributed by atoms with Crippen molar-refractivity contribution in [2.24, 2.45) is 23.3 Å². The first-order chi connectivity index (χ1) is 25.0. The van der Waals surface area contributed by atoms with E-state index in [-0.39, 0.29) is 43.9 Å². The van der Waals surface area contributed by atoms with Crippen LogP contribution in [-0.2, 0) is 28.8 Å². The zero-order valence-electron chi connectivity index (χ0n) is 32.7. The molecular formula is C36H69N7O9S. The number of aliphatic carboxylic acids is 2. The molecule has 0 saturated carbocycles. The van der Waals surface area contributed by atoms with Crippen molar-refractivity contribution in [2.45, 2.75) is 161 Å². The predicted octanol–water partition coefficient (Wildman–Crippen LogP) is 1.42. The van der Waals surface area contributed by atoms with E-state index in [2.05, 4.69) is 26.6 Å². The number of nitrogens with two attached hydrogens (primary N) is 2. The quantitative estimate of drug-likeness (QED) is 0.0353. The van der Waals surface area contributed by atoms with E-state index < -0.39 is 78.0 Å². The highest BCUT2D eigenvalue weighted by Crippen LogP contribution is 2.14. The van der Waals surface area contributed by atoms with E-state index in [4.69, 9.17) is 16.6 Å². The molecule has 0 spiro atoms. The number of amides is 4. The molecule has 8 atom stereocenters. The largest absolute Gasteiger partial charge is 0.481 e. The van der Waals surface area contributed by atoms with Gasteiger partial charge in [-0.25, -0.2) is 0 Å². The second kappa shape index (κ2) is 28.5. The Balaban J connectivity index is 6.27. The molecule has 0 fully saturated rings. The summed E-state index contributed by atoms with van der Waals surface area (Å²) in [5.41, 5.74) is 11.6. The Morgan fingerprint density at radius 3 is 1.81 bits per heavy atom. The number of unbranched alkanes of at least 4 members (excludes halogenated alkanes) is 4. The topological polar surface area (TPSA) is 275 Å². The van der Waals surface area contributed by atoms with Crippen LogP contribution in [-0.4, -0.2) is 112 Å². The van der Waals surface area contributed by atoms with Gasteiger partial charge in [-0.05, 0) is 75.3 Å². The number of nitrogens with one attached hydrogen (secondary N) is 5. The molecule has 0 aromatic heterocycles. The van der Waals surface area contributed by atoms with E-state index in [1.54, 1.807) is 6.92 Å². The molecule has 8 unspecified atom stereocenters. The highest BCUT2D eigenvalue weighted by atomic mass is 32.2.